The molecule has 5 unspecified atom stereocenters. The number of aliphatic hydroxyl groups excluding tert-OH is 1. The fourth-order valence-electron chi connectivity index (χ4n) is 11.8. The van der Waals surface area contributed by atoms with Gasteiger partial charge in [-0.25, -0.2) is 9.13 Å². The third-order valence-electron chi connectivity index (χ3n) is 19.2. The Balaban J connectivity index is 5.24. The highest BCUT2D eigenvalue weighted by atomic mass is 31.2. The Labute approximate surface area is 594 Å². The van der Waals surface area contributed by atoms with E-state index in [0.29, 0.717) is 25.7 Å². The molecule has 0 aliphatic rings. The maximum atomic E-state index is 13.1. The lowest BCUT2D eigenvalue weighted by Gasteiger charge is -2.21. The van der Waals surface area contributed by atoms with E-state index < -0.39 is 97.5 Å². The van der Waals surface area contributed by atoms with Gasteiger partial charge >= 0.3 is 39.5 Å². The van der Waals surface area contributed by atoms with Crippen LogP contribution in [0.5, 0.6) is 0 Å². The summed E-state index contributed by atoms with van der Waals surface area (Å²) in [4.78, 5) is 72.9. The second-order valence-corrected chi connectivity index (χ2v) is 32.2. The van der Waals surface area contributed by atoms with Crippen LogP contribution in [-0.4, -0.2) is 96.7 Å². The van der Waals surface area contributed by atoms with Crippen molar-refractivity contribution in [3.63, 3.8) is 0 Å². The van der Waals surface area contributed by atoms with E-state index in [2.05, 4.69) is 55.4 Å². The molecule has 0 radical (unpaired) electrons. The highest BCUT2D eigenvalue weighted by Crippen LogP contribution is 2.45. The van der Waals surface area contributed by atoms with Gasteiger partial charge < -0.3 is 33.8 Å². The first kappa shape index (κ1) is 95.1. The molecule has 0 aromatic rings. The fourth-order valence-corrected chi connectivity index (χ4v) is 13.4. The van der Waals surface area contributed by atoms with Crippen LogP contribution in [0, 0.1) is 23.7 Å². The molecule has 0 bridgehead atoms. The first-order chi connectivity index (χ1) is 46.7. The summed E-state index contributed by atoms with van der Waals surface area (Å²) in [6.07, 6.45) is 52.6. The molecule has 0 amide bonds. The number of aliphatic hydroxyl groups is 1. The minimum atomic E-state index is -4.96. The van der Waals surface area contributed by atoms with Crippen LogP contribution in [0.15, 0.2) is 0 Å². The first-order valence-corrected chi connectivity index (χ1v) is 43.3. The molecule has 19 heteroatoms. The lowest BCUT2D eigenvalue weighted by atomic mass is 9.99. The zero-order chi connectivity index (χ0) is 71.7. The van der Waals surface area contributed by atoms with E-state index in [4.69, 9.17) is 37.0 Å². The lowest BCUT2D eigenvalue weighted by molar-refractivity contribution is -0.161. The Hall–Kier alpha value is -1.94. The summed E-state index contributed by atoms with van der Waals surface area (Å²) in [7, 11) is -9.92. The molecule has 0 spiro atoms. The minimum absolute atomic E-state index is 0.106. The van der Waals surface area contributed by atoms with E-state index in [1.165, 1.54) is 193 Å². The van der Waals surface area contributed by atoms with Gasteiger partial charge in [-0.2, -0.15) is 0 Å². The number of carbonyl (C=O) groups is 4. The second kappa shape index (κ2) is 67.2. The van der Waals surface area contributed by atoms with Crippen LogP contribution in [0.4, 0.5) is 0 Å². The summed E-state index contributed by atoms with van der Waals surface area (Å²) >= 11 is 0. The molecule has 0 aromatic heterocycles. The standard InChI is InChI=1S/C78H152O17P2/c1-9-69(6)55-47-39-31-25-21-17-13-15-19-23-27-35-45-53-61-78(83)95-74(65-89-76(81)59-51-43-37-36-41-49-57-71(8)11-3)67-93-97(86,87)91-63-72(79)62-90-96(84,85)92-66-73(64-88-75(80)58-50-42-33-29-28-32-40-48-56-70(7)10-2)94-77(82)60-52-44-34-26-22-18-14-12-16-20-24-30-38-46-54-68(4)5/h68-74,79H,9-67H2,1-8H3,(H,84,85)(H,86,87)/t69?,70?,71?,72-,73-,74-/m1/s1. The van der Waals surface area contributed by atoms with Gasteiger partial charge in [-0.3, -0.25) is 37.3 Å². The summed E-state index contributed by atoms with van der Waals surface area (Å²) in [6, 6.07) is 0. The molecular formula is C78H152O17P2. The molecule has 3 N–H and O–H groups in total. The van der Waals surface area contributed by atoms with Crippen molar-refractivity contribution in [3.8, 4) is 0 Å². The van der Waals surface area contributed by atoms with Gasteiger partial charge in [-0.1, -0.05) is 344 Å². The molecule has 0 saturated carbocycles. The van der Waals surface area contributed by atoms with Crippen LogP contribution in [0.2, 0.25) is 0 Å². The van der Waals surface area contributed by atoms with Crippen molar-refractivity contribution in [3.05, 3.63) is 0 Å². The number of unbranched alkanes of at least 4 members (excludes halogenated alkanes) is 38. The Morgan fingerprint density at radius 3 is 0.732 bits per heavy atom. The van der Waals surface area contributed by atoms with E-state index in [9.17, 15) is 43.2 Å². The van der Waals surface area contributed by atoms with Crippen molar-refractivity contribution in [1.82, 2.24) is 0 Å². The lowest BCUT2D eigenvalue weighted by Crippen LogP contribution is -2.30. The van der Waals surface area contributed by atoms with Gasteiger partial charge in [0.05, 0.1) is 26.4 Å². The van der Waals surface area contributed by atoms with E-state index in [-0.39, 0.29) is 25.7 Å². The average molecular weight is 1420 g/mol. The van der Waals surface area contributed by atoms with E-state index in [1.807, 2.05) is 0 Å². The van der Waals surface area contributed by atoms with Gasteiger partial charge in [0.25, 0.3) is 0 Å². The molecular weight excluding hydrogens is 1270 g/mol. The van der Waals surface area contributed by atoms with Gasteiger partial charge in [0, 0.05) is 25.7 Å². The number of hydrogen-bond donors (Lipinski definition) is 3. The highest BCUT2D eigenvalue weighted by Gasteiger charge is 2.30. The maximum absolute atomic E-state index is 13.1. The summed E-state index contributed by atoms with van der Waals surface area (Å²) in [6.45, 7) is 14.3. The summed E-state index contributed by atoms with van der Waals surface area (Å²) in [5.41, 5.74) is 0. The Kier molecular flexibility index (Phi) is 65.9. The Bertz CT molecular complexity index is 1910. The molecule has 0 fully saturated rings. The number of phosphoric ester groups is 2. The molecule has 17 nitrogen and oxygen atoms in total. The largest absolute Gasteiger partial charge is 0.472 e. The zero-order valence-electron chi connectivity index (χ0n) is 63.7. The number of carbonyl (C=O) groups excluding carboxylic acids is 4. The van der Waals surface area contributed by atoms with Gasteiger partial charge in [0.15, 0.2) is 12.2 Å². The van der Waals surface area contributed by atoms with Crippen LogP contribution in [0.1, 0.15) is 396 Å². The van der Waals surface area contributed by atoms with Crippen molar-refractivity contribution in [1.29, 1.82) is 0 Å². The van der Waals surface area contributed by atoms with Crippen molar-refractivity contribution in [2.24, 2.45) is 23.7 Å². The second-order valence-electron chi connectivity index (χ2n) is 29.3. The SMILES string of the molecule is CCC(C)CCCCCCCCCCCCCCCCC(=O)O[C@H](COC(=O)CCCCCCCCC(C)CC)COP(=O)(O)OC[C@H](O)COP(=O)(O)OC[C@@H](COC(=O)CCCCCCCCCCC(C)CC)OC(=O)CCCCCCCCCCCCCCCCC(C)C. The molecule has 0 heterocycles. The monoisotopic (exact) mass is 1420 g/mol. The molecule has 8 atom stereocenters. The number of esters is 4. The summed E-state index contributed by atoms with van der Waals surface area (Å²) in [5, 5.41) is 10.6. The third-order valence-corrected chi connectivity index (χ3v) is 21.1. The molecule has 0 aliphatic heterocycles. The number of rotatable bonds is 75. The van der Waals surface area contributed by atoms with Gasteiger partial charge in [-0.05, 0) is 49.4 Å². The predicted octanol–water partition coefficient (Wildman–Crippen LogP) is 22.8. The molecule has 0 aromatic carbocycles. The van der Waals surface area contributed by atoms with Crippen molar-refractivity contribution in [2.75, 3.05) is 39.6 Å². The third kappa shape index (κ3) is 68.3. The molecule has 0 saturated heterocycles. The fraction of sp³-hybridized carbons (Fsp3) is 0.949. The van der Waals surface area contributed by atoms with Crippen molar-refractivity contribution < 1.29 is 80.2 Å². The van der Waals surface area contributed by atoms with Gasteiger partial charge in [-0.15, -0.1) is 0 Å². The zero-order valence-corrected chi connectivity index (χ0v) is 65.5. The Morgan fingerprint density at radius 1 is 0.289 bits per heavy atom. The van der Waals surface area contributed by atoms with Gasteiger partial charge in [0.1, 0.15) is 19.3 Å². The average Bonchev–Trinajstić information content (AvgIpc) is 3.44. The predicted molar refractivity (Wildman–Crippen MR) is 395 cm³/mol. The van der Waals surface area contributed by atoms with E-state index in [0.717, 1.165) is 120 Å². The smallest absolute Gasteiger partial charge is 0.462 e. The molecule has 97 heavy (non-hydrogen) atoms. The van der Waals surface area contributed by atoms with Crippen molar-refractivity contribution in [2.45, 2.75) is 414 Å². The van der Waals surface area contributed by atoms with E-state index in [1.54, 1.807) is 0 Å². The van der Waals surface area contributed by atoms with Crippen LogP contribution in [-0.2, 0) is 65.4 Å². The molecule has 576 valence electrons. The minimum Gasteiger partial charge on any atom is -0.462 e. The number of hydrogen-bond acceptors (Lipinski definition) is 15. The maximum Gasteiger partial charge on any atom is 0.472 e. The topological polar surface area (TPSA) is 237 Å². The van der Waals surface area contributed by atoms with Crippen LogP contribution in [0.25, 0.3) is 0 Å². The first-order valence-electron chi connectivity index (χ1n) is 40.3. The van der Waals surface area contributed by atoms with Gasteiger partial charge in [0.2, 0.25) is 0 Å². The van der Waals surface area contributed by atoms with E-state index >= 15 is 0 Å². The number of phosphoric acid groups is 2. The molecule has 0 aliphatic carbocycles. The normalized spacial score (nSPS) is 14.9. The van der Waals surface area contributed by atoms with Crippen molar-refractivity contribution >= 4 is 39.5 Å². The quantitative estimate of drug-likeness (QED) is 0.0222. The van der Waals surface area contributed by atoms with Crippen LogP contribution < -0.4 is 0 Å². The van der Waals surface area contributed by atoms with Crippen LogP contribution >= 0.6 is 15.6 Å². The summed E-state index contributed by atoms with van der Waals surface area (Å²) in [5.74, 6) is 1.03. The number of ether oxygens (including phenoxy) is 4. The summed E-state index contributed by atoms with van der Waals surface area (Å²) < 4.78 is 68.6. The Morgan fingerprint density at radius 2 is 0.495 bits per heavy atom. The molecule has 0 rings (SSSR count). The highest BCUT2D eigenvalue weighted by molar-refractivity contribution is 7.47. The van der Waals surface area contributed by atoms with Crippen LogP contribution in [0.3, 0.4) is 0 Å².